The summed E-state index contributed by atoms with van der Waals surface area (Å²) in [6.07, 6.45) is 0. The number of nitrogens with zero attached hydrogens (tertiary/aromatic N) is 1. The molecule has 0 N–H and O–H groups in total. The quantitative estimate of drug-likeness (QED) is 0.563. The zero-order valence-corrected chi connectivity index (χ0v) is 15.9. The molecule has 1 aromatic carbocycles. The third-order valence-electron chi connectivity index (χ3n) is 3.23. The third-order valence-corrected chi connectivity index (χ3v) is 6.01. The van der Waals surface area contributed by atoms with E-state index >= 15 is 0 Å². The summed E-state index contributed by atoms with van der Waals surface area (Å²) < 4.78 is 57.2. The number of alkyl halides is 2. The molecule has 132 valence electrons. The Morgan fingerprint density at radius 3 is 2.38 bits per heavy atom. The Morgan fingerprint density at radius 2 is 1.83 bits per heavy atom. The second-order valence-corrected chi connectivity index (χ2v) is 7.68. The summed E-state index contributed by atoms with van der Waals surface area (Å²) in [5.41, 5.74) is -4.07. The van der Waals surface area contributed by atoms with Crippen molar-refractivity contribution < 1.29 is 27.1 Å². The lowest BCUT2D eigenvalue weighted by molar-refractivity contribution is 0.0355. The van der Waals surface area contributed by atoms with Crippen LogP contribution in [0.25, 0.3) is 10.9 Å². The van der Waals surface area contributed by atoms with Gasteiger partial charge in [-0.2, -0.15) is 8.78 Å². The van der Waals surface area contributed by atoms with Gasteiger partial charge in [-0.15, -0.1) is 0 Å². The molecule has 0 aliphatic rings. The highest BCUT2D eigenvalue weighted by Gasteiger charge is 2.55. The number of rotatable bonds is 7. The van der Waals surface area contributed by atoms with Crippen LogP contribution in [0.3, 0.4) is 0 Å². The number of aromatic nitrogens is 1. The molecule has 0 radical (unpaired) electrons. The van der Waals surface area contributed by atoms with Gasteiger partial charge in [-0.3, -0.25) is 4.57 Å². The van der Waals surface area contributed by atoms with Crippen molar-refractivity contribution in [2.75, 3.05) is 20.3 Å². The molecule has 2 rings (SSSR count). The molecule has 0 spiro atoms. The summed E-state index contributed by atoms with van der Waals surface area (Å²) in [6.45, 7) is 2.63. The zero-order valence-electron chi connectivity index (χ0n) is 13.4. The second-order valence-electron chi connectivity index (χ2n) is 4.75. The highest BCUT2D eigenvalue weighted by Crippen LogP contribution is 2.67. The first kappa shape index (κ1) is 19.2. The molecule has 5 nitrogen and oxygen atoms in total. The minimum Gasteiger partial charge on any atom is -0.481 e. The molecule has 0 aliphatic heterocycles. The van der Waals surface area contributed by atoms with Crippen LogP contribution in [0.15, 0.2) is 28.7 Å². The Balaban J connectivity index is 2.63. The van der Waals surface area contributed by atoms with E-state index in [1.54, 1.807) is 12.1 Å². The van der Waals surface area contributed by atoms with E-state index in [0.29, 0.717) is 5.39 Å². The van der Waals surface area contributed by atoms with Crippen molar-refractivity contribution in [2.24, 2.45) is 0 Å². The van der Waals surface area contributed by atoms with Crippen LogP contribution in [0.4, 0.5) is 8.78 Å². The van der Waals surface area contributed by atoms with Crippen LogP contribution in [0, 0.1) is 0 Å². The highest BCUT2D eigenvalue weighted by atomic mass is 79.9. The molecule has 0 fully saturated rings. The molecule has 1 heterocycles. The smallest absolute Gasteiger partial charge is 0.404 e. The van der Waals surface area contributed by atoms with Gasteiger partial charge in [-0.05, 0) is 32.0 Å². The largest absolute Gasteiger partial charge is 0.481 e. The molecule has 0 atom stereocenters. The minimum atomic E-state index is -4.69. The van der Waals surface area contributed by atoms with Crippen LogP contribution in [0.5, 0.6) is 5.88 Å². The summed E-state index contributed by atoms with van der Waals surface area (Å²) in [7, 11) is -3.26. The number of halogens is 3. The van der Waals surface area contributed by atoms with E-state index in [1.165, 1.54) is 27.0 Å². The Labute approximate surface area is 147 Å². The van der Waals surface area contributed by atoms with Crippen LogP contribution in [-0.2, 0) is 19.3 Å². The number of pyridine rings is 1. The first-order valence-electron chi connectivity index (χ1n) is 7.20. The molecule has 2 aromatic rings. The molecular formula is C15H17BrF2NO4P. The minimum absolute atomic E-state index is 0.0894. The van der Waals surface area contributed by atoms with Crippen LogP contribution < -0.4 is 4.74 Å². The van der Waals surface area contributed by atoms with Crippen LogP contribution in [0.2, 0.25) is 0 Å². The third kappa shape index (κ3) is 3.47. The standard InChI is InChI=1S/C15H17BrF2NO4P/c1-4-22-24(20,23-5-2)15(17,18)11-9-13-10(8-12(11)16)6-7-14(19-13)21-3/h6-9H,4-5H2,1-3H3. The van der Waals surface area contributed by atoms with Gasteiger partial charge in [0.05, 0.1) is 25.8 Å². The van der Waals surface area contributed by atoms with Gasteiger partial charge in [0.25, 0.3) is 0 Å². The molecule has 24 heavy (non-hydrogen) atoms. The van der Waals surface area contributed by atoms with Crippen molar-refractivity contribution in [1.82, 2.24) is 4.98 Å². The summed E-state index contributed by atoms with van der Waals surface area (Å²) in [6, 6.07) is 5.95. The van der Waals surface area contributed by atoms with E-state index in [4.69, 9.17) is 13.8 Å². The maximum atomic E-state index is 14.9. The number of hydrogen-bond acceptors (Lipinski definition) is 5. The van der Waals surface area contributed by atoms with E-state index in [2.05, 4.69) is 20.9 Å². The van der Waals surface area contributed by atoms with Gasteiger partial charge in [-0.1, -0.05) is 15.9 Å². The number of methoxy groups -OCH3 is 1. The summed E-state index contributed by atoms with van der Waals surface area (Å²) in [5.74, 6) is 0.289. The Hall–Kier alpha value is -1.08. The molecule has 0 aliphatic carbocycles. The molecule has 0 saturated heterocycles. The van der Waals surface area contributed by atoms with Gasteiger partial charge < -0.3 is 13.8 Å². The van der Waals surface area contributed by atoms with Crippen LogP contribution >= 0.6 is 23.5 Å². The molecule has 0 amide bonds. The number of benzene rings is 1. The van der Waals surface area contributed by atoms with Gasteiger partial charge in [0.2, 0.25) is 5.88 Å². The lowest BCUT2D eigenvalue weighted by atomic mass is 10.1. The van der Waals surface area contributed by atoms with E-state index in [0.717, 1.165) is 6.07 Å². The first-order chi connectivity index (χ1) is 11.3. The summed E-state index contributed by atoms with van der Waals surface area (Å²) in [5, 5.41) is 0.630. The van der Waals surface area contributed by atoms with Crippen molar-refractivity contribution >= 4 is 34.4 Å². The van der Waals surface area contributed by atoms with E-state index in [-0.39, 0.29) is 29.1 Å². The van der Waals surface area contributed by atoms with Crippen molar-refractivity contribution in [3.63, 3.8) is 0 Å². The lowest BCUT2D eigenvalue weighted by Gasteiger charge is -2.26. The Bertz CT molecular complexity index is 777. The maximum Gasteiger partial charge on any atom is 0.404 e. The molecule has 9 heteroatoms. The van der Waals surface area contributed by atoms with Gasteiger partial charge >= 0.3 is 13.3 Å². The normalized spacial score (nSPS) is 12.6. The topological polar surface area (TPSA) is 57.7 Å². The number of ether oxygens (including phenoxy) is 1. The molecule has 0 bridgehead atoms. The fraction of sp³-hybridized carbons (Fsp3) is 0.400. The number of fused-ring (bicyclic) bond motifs is 1. The first-order valence-corrected chi connectivity index (χ1v) is 9.54. The fourth-order valence-corrected chi connectivity index (χ4v) is 4.48. The summed E-state index contributed by atoms with van der Waals surface area (Å²) >= 11 is 3.11. The van der Waals surface area contributed by atoms with Gasteiger partial charge in [0, 0.05) is 21.5 Å². The average Bonchev–Trinajstić information content (AvgIpc) is 2.54. The average molecular weight is 424 g/mol. The highest BCUT2D eigenvalue weighted by molar-refractivity contribution is 9.10. The predicted molar refractivity (Wildman–Crippen MR) is 90.7 cm³/mol. The zero-order chi connectivity index (χ0) is 18.0. The molecule has 0 unspecified atom stereocenters. The predicted octanol–water partition coefficient (Wildman–Crippen LogP) is 5.32. The van der Waals surface area contributed by atoms with Crippen LogP contribution in [-0.4, -0.2) is 25.3 Å². The van der Waals surface area contributed by atoms with E-state index in [1.807, 2.05) is 0 Å². The fourth-order valence-electron chi connectivity index (χ4n) is 2.16. The number of hydrogen-bond donors (Lipinski definition) is 0. The lowest BCUT2D eigenvalue weighted by Crippen LogP contribution is -2.19. The summed E-state index contributed by atoms with van der Waals surface area (Å²) in [4.78, 5) is 4.14. The van der Waals surface area contributed by atoms with E-state index in [9.17, 15) is 13.3 Å². The van der Waals surface area contributed by atoms with Crippen molar-refractivity contribution in [2.45, 2.75) is 19.5 Å². The van der Waals surface area contributed by atoms with E-state index < -0.39 is 18.8 Å². The van der Waals surface area contributed by atoms with Gasteiger partial charge in [0.1, 0.15) is 0 Å². The van der Waals surface area contributed by atoms with Gasteiger partial charge in [-0.25, -0.2) is 4.98 Å². The molecular weight excluding hydrogens is 407 g/mol. The van der Waals surface area contributed by atoms with Gasteiger partial charge in [0.15, 0.2) is 0 Å². The maximum absolute atomic E-state index is 14.9. The monoisotopic (exact) mass is 423 g/mol. The molecule has 0 saturated carbocycles. The van der Waals surface area contributed by atoms with Crippen LogP contribution in [0.1, 0.15) is 19.4 Å². The van der Waals surface area contributed by atoms with Crippen molar-refractivity contribution in [3.8, 4) is 5.88 Å². The molecule has 1 aromatic heterocycles. The van der Waals surface area contributed by atoms with Crippen molar-refractivity contribution in [3.05, 3.63) is 34.3 Å². The van der Waals surface area contributed by atoms with Crippen molar-refractivity contribution in [1.29, 1.82) is 0 Å². The Kier molecular flexibility index (Phi) is 5.96. The second kappa shape index (κ2) is 7.44. The SMILES string of the molecule is CCOP(=O)(OCC)C(F)(F)c1cc2nc(OC)ccc2cc1Br. The Morgan fingerprint density at radius 1 is 1.21 bits per heavy atom.